The third-order valence-electron chi connectivity index (χ3n) is 1.83. The first kappa shape index (κ1) is 10.1. The minimum absolute atomic E-state index is 0.137. The van der Waals surface area contributed by atoms with Crippen LogP contribution in [0.5, 0.6) is 0 Å². The minimum Gasteiger partial charge on any atom is -0.312 e. The monoisotopic (exact) mass is 186 g/mol. The summed E-state index contributed by atoms with van der Waals surface area (Å²) in [7, 11) is 0. The van der Waals surface area contributed by atoms with E-state index in [1.54, 1.807) is 11.9 Å². The summed E-state index contributed by atoms with van der Waals surface area (Å²) < 4.78 is 3.73. The molecule has 0 unspecified atom stereocenters. The van der Waals surface area contributed by atoms with Crippen molar-refractivity contribution < 1.29 is 0 Å². The Morgan fingerprint density at radius 2 is 2.08 bits per heavy atom. The molecule has 1 aliphatic heterocycles. The molecular formula is C9H18N2S. The third kappa shape index (κ3) is 2.51. The van der Waals surface area contributed by atoms with Crippen LogP contribution in [0.15, 0.2) is 12.7 Å². The Morgan fingerprint density at radius 3 is 2.33 bits per heavy atom. The van der Waals surface area contributed by atoms with Crippen LogP contribution < -0.4 is 10.0 Å². The van der Waals surface area contributed by atoms with Crippen LogP contribution in [0.25, 0.3) is 0 Å². The highest BCUT2D eigenvalue weighted by molar-refractivity contribution is 7.98. The molecule has 1 fully saturated rings. The number of hydrogen-bond donors (Lipinski definition) is 2. The van der Waals surface area contributed by atoms with Crippen LogP contribution in [0.1, 0.15) is 20.8 Å². The highest BCUT2D eigenvalue weighted by Gasteiger charge is 2.34. The topological polar surface area (TPSA) is 24.1 Å². The van der Waals surface area contributed by atoms with E-state index in [1.165, 1.54) is 0 Å². The Bertz CT molecular complexity index is 168. The van der Waals surface area contributed by atoms with Crippen LogP contribution in [0.4, 0.5) is 0 Å². The maximum absolute atomic E-state index is 3.84. The van der Waals surface area contributed by atoms with Crippen LogP contribution in [-0.4, -0.2) is 23.4 Å². The molecule has 0 bridgehead atoms. The summed E-state index contributed by atoms with van der Waals surface area (Å²) in [5.41, 5.74) is 0.137. The maximum Gasteiger partial charge on any atom is 0.0708 e. The lowest BCUT2D eigenvalue weighted by molar-refractivity contribution is 0.326. The molecule has 0 radical (unpaired) electrons. The zero-order chi connectivity index (χ0) is 9.24. The van der Waals surface area contributed by atoms with Gasteiger partial charge in [-0.25, -0.2) is 0 Å². The molecule has 0 aliphatic carbocycles. The van der Waals surface area contributed by atoms with Crippen molar-refractivity contribution in [1.29, 1.82) is 0 Å². The Hall–Kier alpha value is 0.01000. The molecule has 0 aromatic heterocycles. The van der Waals surface area contributed by atoms with Gasteiger partial charge < -0.3 is 5.32 Å². The van der Waals surface area contributed by atoms with Gasteiger partial charge in [0.1, 0.15) is 0 Å². The normalized spacial score (nSPS) is 21.6. The van der Waals surface area contributed by atoms with Gasteiger partial charge >= 0.3 is 0 Å². The minimum atomic E-state index is 0.137. The van der Waals surface area contributed by atoms with Crippen molar-refractivity contribution in [3.8, 4) is 0 Å². The summed E-state index contributed by atoms with van der Waals surface area (Å²) in [6.45, 7) is 12.4. The standard InChI is InChI=1S/C9H18N2S/c1-5-9(6-10-7-9)11-12-8(2,3)4/h5,10-11H,1,6-7H2,2-4H3. The molecule has 0 amide bonds. The molecule has 12 heavy (non-hydrogen) atoms. The molecule has 70 valence electrons. The van der Waals surface area contributed by atoms with E-state index in [-0.39, 0.29) is 10.3 Å². The highest BCUT2D eigenvalue weighted by Crippen LogP contribution is 2.25. The molecule has 1 aliphatic rings. The van der Waals surface area contributed by atoms with Gasteiger partial charge in [-0.3, -0.25) is 4.72 Å². The van der Waals surface area contributed by atoms with Gasteiger partial charge in [0, 0.05) is 17.8 Å². The predicted molar refractivity (Wildman–Crippen MR) is 56.3 cm³/mol. The van der Waals surface area contributed by atoms with Crippen molar-refractivity contribution >= 4 is 11.9 Å². The van der Waals surface area contributed by atoms with Gasteiger partial charge in [0.15, 0.2) is 0 Å². The average Bonchev–Trinajstić information content (AvgIpc) is 1.84. The molecule has 0 aromatic rings. The molecule has 0 spiro atoms. The van der Waals surface area contributed by atoms with Gasteiger partial charge in [0.2, 0.25) is 0 Å². The smallest absolute Gasteiger partial charge is 0.0708 e. The van der Waals surface area contributed by atoms with Crippen LogP contribution in [0.3, 0.4) is 0 Å². The van der Waals surface area contributed by atoms with Gasteiger partial charge in [-0.15, -0.1) is 6.58 Å². The van der Waals surface area contributed by atoms with Crippen LogP contribution >= 0.6 is 11.9 Å². The lowest BCUT2D eigenvalue weighted by Gasteiger charge is -2.41. The Kier molecular flexibility index (Phi) is 2.86. The molecule has 2 nitrogen and oxygen atoms in total. The van der Waals surface area contributed by atoms with Crippen LogP contribution in [0, 0.1) is 0 Å². The van der Waals surface area contributed by atoms with Crippen molar-refractivity contribution in [1.82, 2.24) is 10.0 Å². The van der Waals surface area contributed by atoms with E-state index in [0.29, 0.717) is 0 Å². The maximum atomic E-state index is 3.84. The number of nitrogens with one attached hydrogen (secondary N) is 2. The zero-order valence-electron chi connectivity index (χ0n) is 8.11. The molecule has 1 heterocycles. The second-order valence-corrected chi connectivity index (χ2v) is 5.91. The van der Waals surface area contributed by atoms with E-state index < -0.39 is 0 Å². The molecule has 0 atom stereocenters. The second kappa shape index (κ2) is 3.40. The SMILES string of the molecule is C=CC1(NSC(C)(C)C)CNC1. The third-order valence-corrected chi connectivity index (χ3v) is 2.95. The Balaban J connectivity index is 2.34. The van der Waals surface area contributed by atoms with Crippen molar-refractivity contribution in [3.05, 3.63) is 12.7 Å². The zero-order valence-corrected chi connectivity index (χ0v) is 8.92. The summed E-state index contributed by atoms with van der Waals surface area (Å²) in [6.07, 6.45) is 2.00. The van der Waals surface area contributed by atoms with Gasteiger partial charge in [-0.2, -0.15) is 0 Å². The molecule has 3 heteroatoms. The van der Waals surface area contributed by atoms with Gasteiger partial charge in [0.25, 0.3) is 0 Å². The average molecular weight is 186 g/mol. The van der Waals surface area contributed by atoms with E-state index in [0.717, 1.165) is 13.1 Å². The van der Waals surface area contributed by atoms with Crippen LogP contribution in [0.2, 0.25) is 0 Å². The number of rotatable bonds is 3. The fourth-order valence-electron chi connectivity index (χ4n) is 0.907. The lowest BCUT2D eigenvalue weighted by Crippen LogP contribution is -2.65. The van der Waals surface area contributed by atoms with E-state index in [2.05, 4.69) is 37.4 Å². The molecule has 0 aromatic carbocycles. The Labute approximate surface area is 79.3 Å². The molecule has 2 N–H and O–H groups in total. The predicted octanol–water partition coefficient (Wildman–Crippen LogP) is 1.55. The highest BCUT2D eigenvalue weighted by atomic mass is 32.2. The quantitative estimate of drug-likeness (QED) is 0.516. The first-order valence-electron chi connectivity index (χ1n) is 4.27. The molecule has 0 saturated carbocycles. The first-order chi connectivity index (χ1) is 5.47. The molecule has 1 saturated heterocycles. The summed E-state index contributed by atoms with van der Waals surface area (Å²) in [5, 5.41) is 3.24. The van der Waals surface area contributed by atoms with E-state index in [9.17, 15) is 0 Å². The van der Waals surface area contributed by atoms with E-state index in [1.807, 2.05) is 6.08 Å². The van der Waals surface area contributed by atoms with Crippen molar-refractivity contribution in [2.75, 3.05) is 13.1 Å². The van der Waals surface area contributed by atoms with Crippen LogP contribution in [-0.2, 0) is 0 Å². The van der Waals surface area contributed by atoms with Gasteiger partial charge in [0.05, 0.1) is 5.54 Å². The summed E-state index contributed by atoms with van der Waals surface area (Å²) in [4.78, 5) is 0. The lowest BCUT2D eigenvalue weighted by atomic mass is 9.95. The fourth-order valence-corrected chi connectivity index (χ4v) is 1.64. The van der Waals surface area contributed by atoms with Gasteiger partial charge in [-0.1, -0.05) is 18.0 Å². The van der Waals surface area contributed by atoms with E-state index in [4.69, 9.17) is 0 Å². The van der Waals surface area contributed by atoms with Crippen molar-refractivity contribution in [2.45, 2.75) is 31.1 Å². The molecular weight excluding hydrogens is 168 g/mol. The number of hydrogen-bond acceptors (Lipinski definition) is 3. The fraction of sp³-hybridized carbons (Fsp3) is 0.778. The Morgan fingerprint density at radius 1 is 1.50 bits per heavy atom. The summed E-state index contributed by atoms with van der Waals surface area (Å²) in [5.74, 6) is 0. The largest absolute Gasteiger partial charge is 0.312 e. The second-order valence-electron chi connectivity index (χ2n) is 4.28. The van der Waals surface area contributed by atoms with Crippen molar-refractivity contribution in [2.24, 2.45) is 0 Å². The summed E-state index contributed by atoms with van der Waals surface area (Å²) >= 11 is 1.78. The molecule has 1 rings (SSSR count). The van der Waals surface area contributed by atoms with Gasteiger partial charge in [-0.05, 0) is 20.8 Å². The summed E-state index contributed by atoms with van der Waals surface area (Å²) in [6, 6.07) is 0. The first-order valence-corrected chi connectivity index (χ1v) is 5.09. The van der Waals surface area contributed by atoms with Crippen molar-refractivity contribution in [3.63, 3.8) is 0 Å². The van der Waals surface area contributed by atoms with E-state index >= 15 is 0 Å².